The maximum Gasteiger partial charge on any atom is 0.299 e. The number of rotatable bonds is 8. The lowest BCUT2D eigenvalue weighted by molar-refractivity contribution is 0.384. The first-order chi connectivity index (χ1) is 9.82. The van der Waals surface area contributed by atoms with E-state index in [9.17, 15) is 13.5 Å². The molecule has 0 amide bonds. The number of aromatic hydroxyl groups is 1. The molecule has 3 N–H and O–H groups in total. The Labute approximate surface area is 128 Å². The molecule has 0 saturated carbocycles. The van der Waals surface area contributed by atoms with E-state index in [1.807, 2.05) is 13.8 Å². The number of sulfonamides is 1. The first kappa shape index (κ1) is 17.9. The summed E-state index contributed by atoms with van der Waals surface area (Å²) in [6, 6.07) is 5.15. The fourth-order valence-corrected chi connectivity index (χ4v) is 4.33. The van der Waals surface area contributed by atoms with Gasteiger partial charge in [0.15, 0.2) is 11.4 Å². The van der Waals surface area contributed by atoms with Gasteiger partial charge in [0, 0.05) is 6.07 Å². The molecule has 0 bridgehead atoms. The summed E-state index contributed by atoms with van der Waals surface area (Å²) in [5, 5.41) is 10.2. The molecule has 0 unspecified atom stereocenters. The number of hydrogen-bond donors (Lipinski definition) is 2. The van der Waals surface area contributed by atoms with Gasteiger partial charge in [-0.3, -0.25) is 0 Å². The third kappa shape index (κ3) is 3.75. The quantitative estimate of drug-likeness (QED) is 0.719. The van der Waals surface area contributed by atoms with Crippen LogP contribution in [0.1, 0.15) is 32.3 Å². The Morgan fingerprint density at radius 3 is 2.19 bits per heavy atom. The monoisotopic (exact) mass is 315 g/mol. The van der Waals surface area contributed by atoms with Gasteiger partial charge < -0.3 is 10.8 Å². The predicted molar refractivity (Wildman–Crippen MR) is 87.8 cm³/mol. The number of nitrogens with zero attached hydrogens (tertiary/aromatic N) is 1. The molecule has 1 aromatic carbocycles. The molecule has 0 fully saturated rings. The molecule has 0 aliphatic carbocycles. The van der Waals surface area contributed by atoms with Crippen LogP contribution < -0.4 is 9.62 Å². The lowest BCUT2D eigenvalue weighted by atomic mass is 10.1. The Morgan fingerprint density at radius 1 is 1.19 bits per heavy atom. The van der Waals surface area contributed by atoms with Crippen LogP contribution in [0, 0.1) is 0 Å². The smallest absolute Gasteiger partial charge is 0.299 e. The van der Waals surface area contributed by atoms with Gasteiger partial charge in [0.25, 0.3) is 10.0 Å². The van der Waals surface area contributed by atoms with Gasteiger partial charge >= 0.3 is 0 Å². The molecule has 0 saturated heterocycles. The van der Waals surface area contributed by atoms with Crippen molar-refractivity contribution in [1.29, 1.82) is 0 Å². The lowest BCUT2D eigenvalue weighted by Gasteiger charge is -2.35. The largest absolute Gasteiger partial charge is 0.503 e. The molecule has 6 heteroatoms. The van der Waals surface area contributed by atoms with Gasteiger partial charge in [0.2, 0.25) is 0 Å². The van der Waals surface area contributed by atoms with Crippen LogP contribution in [0.2, 0.25) is 0 Å². The van der Waals surface area contributed by atoms with Crippen LogP contribution in [-0.2, 0) is 16.4 Å². The van der Waals surface area contributed by atoms with Crippen molar-refractivity contribution < 1.29 is 13.5 Å². The van der Waals surface area contributed by atoms with Gasteiger partial charge in [-0.2, -0.15) is 12.3 Å². The van der Waals surface area contributed by atoms with E-state index in [0.29, 0.717) is 44.6 Å². The SMILES string of the molecule is CCC[N+](CCC)(c1cc(CCN)ccc1O)S(C)(=O)=O. The molecular formula is C15H27N2O3S+. The van der Waals surface area contributed by atoms with Gasteiger partial charge in [-0.05, 0) is 37.4 Å². The highest BCUT2D eigenvalue weighted by molar-refractivity contribution is 7.90. The second kappa shape index (κ2) is 7.24. The van der Waals surface area contributed by atoms with Crippen LogP contribution in [-0.4, -0.2) is 39.4 Å². The first-order valence-electron chi connectivity index (χ1n) is 7.42. The second-order valence-corrected chi connectivity index (χ2v) is 7.60. The van der Waals surface area contributed by atoms with E-state index in [-0.39, 0.29) is 9.64 Å². The van der Waals surface area contributed by atoms with Crippen molar-refractivity contribution in [2.24, 2.45) is 5.73 Å². The standard InChI is InChI=1S/C15H26N2O3S/c1-4-10-17(11-5-2,21(3,19)20)14-12-13(8-9-16)6-7-15(14)18/h6-7,12H,4-5,8-11,16H2,1-3H3/p+1. The molecule has 21 heavy (non-hydrogen) atoms. The van der Waals surface area contributed by atoms with Crippen LogP contribution >= 0.6 is 0 Å². The molecule has 120 valence electrons. The molecule has 0 atom stereocenters. The summed E-state index contributed by atoms with van der Waals surface area (Å²) < 4.78 is 24.8. The molecule has 1 rings (SSSR count). The molecule has 1 aromatic rings. The molecule has 0 aliphatic rings. The summed E-state index contributed by atoms with van der Waals surface area (Å²) in [6.07, 6.45) is 3.34. The van der Waals surface area contributed by atoms with Crippen LogP contribution in [0.4, 0.5) is 5.69 Å². The zero-order valence-electron chi connectivity index (χ0n) is 13.2. The summed E-state index contributed by atoms with van der Waals surface area (Å²) in [5.74, 6) is 0.0306. The van der Waals surface area contributed by atoms with Gasteiger partial charge in [-0.15, -0.1) is 0 Å². The van der Waals surface area contributed by atoms with E-state index in [1.165, 1.54) is 6.26 Å². The molecule has 0 spiro atoms. The van der Waals surface area contributed by atoms with Crippen molar-refractivity contribution >= 4 is 15.7 Å². The minimum Gasteiger partial charge on any atom is -0.503 e. The third-order valence-corrected chi connectivity index (χ3v) is 5.55. The average molecular weight is 315 g/mol. The Hall–Kier alpha value is -1.11. The van der Waals surface area contributed by atoms with Crippen LogP contribution in [0.25, 0.3) is 0 Å². The molecule has 0 aromatic heterocycles. The highest BCUT2D eigenvalue weighted by Crippen LogP contribution is 2.37. The number of phenolic OH excluding ortho intramolecular Hbond substituents is 1. The summed E-state index contributed by atoms with van der Waals surface area (Å²) in [6.45, 7) is 5.30. The molecular weight excluding hydrogens is 288 g/mol. The fourth-order valence-electron chi connectivity index (χ4n) is 2.80. The van der Waals surface area contributed by atoms with Crippen molar-refractivity contribution in [1.82, 2.24) is 3.89 Å². The Balaban J connectivity index is 3.54. The zero-order valence-corrected chi connectivity index (χ0v) is 14.0. The summed E-state index contributed by atoms with van der Waals surface area (Å²) in [4.78, 5) is 0. The lowest BCUT2D eigenvalue weighted by Crippen LogP contribution is -2.54. The number of quaternary nitrogens is 1. The normalized spacial score (nSPS) is 12.6. The zero-order chi connectivity index (χ0) is 16.1. The van der Waals surface area contributed by atoms with Crippen LogP contribution in [0.3, 0.4) is 0 Å². The van der Waals surface area contributed by atoms with Gasteiger partial charge in [0.1, 0.15) is 0 Å². The highest BCUT2D eigenvalue weighted by Gasteiger charge is 2.41. The summed E-state index contributed by atoms with van der Waals surface area (Å²) >= 11 is 0. The van der Waals surface area contributed by atoms with Gasteiger partial charge in [-0.1, -0.05) is 19.9 Å². The molecule has 0 radical (unpaired) electrons. The average Bonchev–Trinajstić information content (AvgIpc) is 2.39. The van der Waals surface area contributed by atoms with E-state index >= 15 is 0 Å². The van der Waals surface area contributed by atoms with Crippen molar-refractivity contribution in [2.75, 3.05) is 25.9 Å². The van der Waals surface area contributed by atoms with E-state index in [1.54, 1.807) is 18.2 Å². The number of nitrogens with two attached hydrogens (primary N) is 1. The molecule has 0 heterocycles. The maximum absolute atomic E-state index is 12.5. The van der Waals surface area contributed by atoms with Crippen molar-refractivity contribution in [3.63, 3.8) is 0 Å². The Bertz CT molecular complexity index is 564. The predicted octanol–water partition coefficient (Wildman–Crippen LogP) is 1.98. The van der Waals surface area contributed by atoms with E-state index in [4.69, 9.17) is 5.73 Å². The van der Waals surface area contributed by atoms with Crippen molar-refractivity contribution in [3.05, 3.63) is 23.8 Å². The first-order valence-corrected chi connectivity index (χ1v) is 9.27. The maximum atomic E-state index is 12.5. The highest BCUT2D eigenvalue weighted by atomic mass is 32.2. The molecule has 5 nitrogen and oxygen atoms in total. The minimum atomic E-state index is -3.41. The number of hydrogen-bond acceptors (Lipinski definition) is 4. The van der Waals surface area contributed by atoms with Crippen LogP contribution in [0.15, 0.2) is 18.2 Å². The molecule has 0 aliphatic heterocycles. The summed E-state index contributed by atoms with van der Waals surface area (Å²) in [7, 11) is -3.41. The van der Waals surface area contributed by atoms with Gasteiger partial charge in [-0.25, -0.2) is 0 Å². The topological polar surface area (TPSA) is 80.4 Å². The van der Waals surface area contributed by atoms with Crippen LogP contribution in [0.5, 0.6) is 5.75 Å². The third-order valence-electron chi connectivity index (χ3n) is 3.72. The number of phenols is 1. The second-order valence-electron chi connectivity index (χ2n) is 5.43. The minimum absolute atomic E-state index is 0.0306. The Morgan fingerprint density at radius 2 is 1.76 bits per heavy atom. The Kier molecular flexibility index (Phi) is 6.19. The number of benzene rings is 1. The summed E-state index contributed by atoms with van der Waals surface area (Å²) in [5.41, 5.74) is 6.99. The van der Waals surface area contributed by atoms with E-state index in [2.05, 4.69) is 0 Å². The van der Waals surface area contributed by atoms with E-state index < -0.39 is 10.0 Å². The van der Waals surface area contributed by atoms with Crippen molar-refractivity contribution in [3.8, 4) is 5.75 Å². The van der Waals surface area contributed by atoms with E-state index in [0.717, 1.165) is 5.56 Å². The fraction of sp³-hybridized carbons (Fsp3) is 0.600. The van der Waals surface area contributed by atoms with Gasteiger partial charge in [0.05, 0.1) is 19.3 Å². The van der Waals surface area contributed by atoms with Crippen molar-refractivity contribution in [2.45, 2.75) is 33.1 Å².